The van der Waals surface area contributed by atoms with Crippen LogP contribution in [-0.4, -0.2) is 64.5 Å². The lowest BCUT2D eigenvalue weighted by atomic mass is 10.3. The number of nitrogens with zero attached hydrogens (tertiary/aromatic N) is 3. The van der Waals surface area contributed by atoms with Gasteiger partial charge < -0.3 is 20.2 Å². The van der Waals surface area contributed by atoms with Gasteiger partial charge in [-0.2, -0.15) is 0 Å². The van der Waals surface area contributed by atoms with Crippen molar-refractivity contribution in [2.45, 2.75) is 11.6 Å². The quantitative estimate of drug-likeness (QED) is 0.435. The van der Waals surface area contributed by atoms with E-state index in [0.29, 0.717) is 30.5 Å². The van der Waals surface area contributed by atoms with Gasteiger partial charge in [0.1, 0.15) is 5.82 Å². The molecule has 0 aromatic carbocycles. The third-order valence-electron chi connectivity index (χ3n) is 2.36. The molecule has 0 amide bonds. The molecule has 0 bridgehead atoms. The molecule has 1 aromatic heterocycles. The summed E-state index contributed by atoms with van der Waals surface area (Å²) < 4.78 is 0. The Kier molecular flexibility index (Phi) is 6.96. The molecule has 6 nitrogen and oxygen atoms in total. The van der Waals surface area contributed by atoms with Crippen molar-refractivity contribution >= 4 is 17.6 Å². The van der Waals surface area contributed by atoms with Crippen molar-refractivity contribution in [1.29, 1.82) is 0 Å². The molecule has 0 spiro atoms. The van der Waals surface area contributed by atoms with Gasteiger partial charge in [-0.05, 0) is 6.26 Å². The van der Waals surface area contributed by atoms with Crippen molar-refractivity contribution in [1.82, 2.24) is 9.97 Å². The molecule has 7 heteroatoms. The lowest BCUT2D eigenvalue weighted by Crippen LogP contribution is -2.30. The van der Waals surface area contributed by atoms with Gasteiger partial charge in [-0.15, -0.1) is 0 Å². The molecule has 0 saturated heterocycles. The third kappa shape index (κ3) is 4.41. The van der Waals surface area contributed by atoms with Crippen molar-refractivity contribution in [2.75, 3.05) is 44.1 Å². The summed E-state index contributed by atoms with van der Waals surface area (Å²) in [6, 6.07) is 1.78. The monoisotopic (exact) mass is 273 g/mol. The molecule has 0 aliphatic heterocycles. The molecule has 18 heavy (non-hydrogen) atoms. The van der Waals surface area contributed by atoms with Crippen molar-refractivity contribution < 1.29 is 15.3 Å². The minimum Gasteiger partial charge on any atom is -0.396 e. The zero-order chi connectivity index (χ0) is 13.4. The normalized spacial score (nSPS) is 10.7. The first kappa shape index (κ1) is 15.2. The van der Waals surface area contributed by atoms with E-state index in [0.717, 1.165) is 5.69 Å². The summed E-state index contributed by atoms with van der Waals surface area (Å²) in [6.07, 6.45) is 2.35. The summed E-state index contributed by atoms with van der Waals surface area (Å²) in [6.45, 7) is 0.833. The second-order valence-electron chi connectivity index (χ2n) is 3.61. The third-order valence-corrected chi connectivity index (χ3v) is 2.91. The highest BCUT2D eigenvalue weighted by Crippen LogP contribution is 2.17. The van der Waals surface area contributed by atoms with Gasteiger partial charge >= 0.3 is 0 Å². The van der Waals surface area contributed by atoms with Crippen molar-refractivity contribution in [3.8, 4) is 0 Å². The van der Waals surface area contributed by atoms with Crippen molar-refractivity contribution in [3.63, 3.8) is 0 Å². The highest BCUT2D eigenvalue weighted by atomic mass is 32.2. The maximum Gasteiger partial charge on any atom is 0.189 e. The van der Waals surface area contributed by atoms with Crippen LogP contribution >= 0.6 is 11.8 Å². The number of hydrogen-bond donors (Lipinski definition) is 3. The summed E-state index contributed by atoms with van der Waals surface area (Å²) in [5.74, 6) is 0.668. The standard InChI is InChI=1S/C11H19N3O3S/c1-18-11-12-9(2-5-15)8-10(13-11)14(3-6-16)4-7-17/h8,15-17H,2-7H2,1H3. The molecule has 0 unspecified atom stereocenters. The largest absolute Gasteiger partial charge is 0.396 e. The van der Waals surface area contributed by atoms with Crippen LogP contribution in [0.15, 0.2) is 11.2 Å². The highest BCUT2D eigenvalue weighted by molar-refractivity contribution is 7.98. The fourth-order valence-electron chi connectivity index (χ4n) is 1.54. The number of hydrogen-bond acceptors (Lipinski definition) is 7. The fraction of sp³-hybridized carbons (Fsp3) is 0.636. The van der Waals surface area contributed by atoms with Gasteiger partial charge in [-0.25, -0.2) is 9.97 Å². The molecule has 0 fully saturated rings. The summed E-state index contributed by atoms with van der Waals surface area (Å²) >= 11 is 1.42. The molecule has 0 atom stereocenters. The number of thioether (sulfide) groups is 1. The van der Waals surface area contributed by atoms with E-state index in [-0.39, 0.29) is 19.8 Å². The van der Waals surface area contributed by atoms with E-state index in [4.69, 9.17) is 15.3 Å². The van der Waals surface area contributed by atoms with Crippen LogP contribution in [0.2, 0.25) is 0 Å². The Morgan fingerprint density at radius 2 is 1.78 bits per heavy atom. The lowest BCUT2D eigenvalue weighted by molar-refractivity contribution is 0.280. The SMILES string of the molecule is CSc1nc(CCO)cc(N(CCO)CCO)n1. The molecule has 1 aromatic rings. The second kappa shape index (κ2) is 8.25. The van der Waals surface area contributed by atoms with Crippen LogP contribution in [0, 0.1) is 0 Å². The summed E-state index contributed by atoms with van der Waals surface area (Å²) in [4.78, 5) is 10.4. The van der Waals surface area contributed by atoms with Gasteiger partial charge in [0.15, 0.2) is 5.16 Å². The first-order chi connectivity index (χ1) is 8.74. The molecular weight excluding hydrogens is 254 g/mol. The molecule has 0 saturated carbocycles. The zero-order valence-electron chi connectivity index (χ0n) is 10.4. The van der Waals surface area contributed by atoms with Gasteiger partial charge in [0.25, 0.3) is 0 Å². The van der Waals surface area contributed by atoms with E-state index < -0.39 is 0 Å². The number of aliphatic hydroxyl groups is 3. The predicted molar refractivity (Wildman–Crippen MR) is 71.0 cm³/mol. The molecule has 0 aliphatic carbocycles. The minimum atomic E-state index is -0.00601. The Morgan fingerprint density at radius 1 is 1.11 bits per heavy atom. The second-order valence-corrected chi connectivity index (χ2v) is 4.39. The Bertz CT molecular complexity index is 359. The van der Waals surface area contributed by atoms with Crippen molar-refractivity contribution in [2.24, 2.45) is 0 Å². The molecule has 0 radical (unpaired) electrons. The Hall–Kier alpha value is -0.890. The Morgan fingerprint density at radius 3 is 2.28 bits per heavy atom. The summed E-state index contributed by atoms with van der Waals surface area (Å²) in [5.41, 5.74) is 0.757. The van der Waals surface area contributed by atoms with Crippen LogP contribution in [0.25, 0.3) is 0 Å². The smallest absolute Gasteiger partial charge is 0.189 e. The summed E-state index contributed by atoms with van der Waals surface area (Å²) in [5, 5.41) is 27.6. The Labute approximate surface area is 111 Å². The van der Waals surface area contributed by atoms with Crippen LogP contribution in [-0.2, 0) is 6.42 Å². The van der Waals surface area contributed by atoms with E-state index >= 15 is 0 Å². The van der Waals surface area contributed by atoms with Gasteiger partial charge in [0.05, 0.1) is 13.2 Å². The molecule has 102 valence electrons. The first-order valence-corrected chi connectivity index (χ1v) is 6.97. The van der Waals surface area contributed by atoms with E-state index in [2.05, 4.69) is 9.97 Å². The molecule has 1 rings (SSSR count). The van der Waals surface area contributed by atoms with E-state index in [1.54, 1.807) is 11.0 Å². The van der Waals surface area contributed by atoms with Crippen LogP contribution in [0.3, 0.4) is 0 Å². The molecular formula is C11H19N3O3S. The molecule has 1 heterocycles. The van der Waals surface area contributed by atoms with E-state index in [1.165, 1.54) is 11.8 Å². The van der Waals surface area contributed by atoms with Gasteiger partial charge in [-0.1, -0.05) is 11.8 Å². The minimum absolute atomic E-state index is 0.00601. The first-order valence-electron chi connectivity index (χ1n) is 5.74. The van der Waals surface area contributed by atoms with E-state index in [9.17, 15) is 0 Å². The fourth-order valence-corrected chi connectivity index (χ4v) is 1.93. The van der Waals surface area contributed by atoms with Crippen LogP contribution in [0.4, 0.5) is 5.82 Å². The maximum atomic E-state index is 9.01. The number of aliphatic hydroxyl groups excluding tert-OH is 3. The van der Waals surface area contributed by atoms with Crippen LogP contribution in [0.1, 0.15) is 5.69 Å². The lowest BCUT2D eigenvalue weighted by Gasteiger charge is -2.22. The number of rotatable bonds is 8. The van der Waals surface area contributed by atoms with Gasteiger partial charge in [-0.3, -0.25) is 0 Å². The van der Waals surface area contributed by atoms with Gasteiger partial charge in [0, 0.05) is 37.9 Å². The molecule has 3 N–H and O–H groups in total. The molecule has 0 aliphatic rings. The van der Waals surface area contributed by atoms with E-state index in [1.807, 2.05) is 6.26 Å². The van der Waals surface area contributed by atoms with Gasteiger partial charge in [0.2, 0.25) is 0 Å². The topological polar surface area (TPSA) is 89.7 Å². The average molecular weight is 273 g/mol. The van der Waals surface area contributed by atoms with Crippen LogP contribution in [0.5, 0.6) is 0 Å². The Balaban J connectivity index is 2.99. The average Bonchev–Trinajstić information content (AvgIpc) is 2.38. The number of aromatic nitrogens is 2. The summed E-state index contributed by atoms with van der Waals surface area (Å²) in [7, 11) is 0. The maximum absolute atomic E-state index is 9.01. The highest BCUT2D eigenvalue weighted by Gasteiger charge is 2.10. The predicted octanol–water partition coefficient (Wildman–Crippen LogP) is -0.476. The zero-order valence-corrected chi connectivity index (χ0v) is 11.2. The van der Waals surface area contributed by atoms with Crippen molar-refractivity contribution in [3.05, 3.63) is 11.8 Å². The number of anilines is 1. The van der Waals surface area contributed by atoms with Crippen LogP contribution < -0.4 is 4.90 Å².